The minimum Gasteiger partial charge on any atom is -0.358 e. The van der Waals surface area contributed by atoms with Crippen LogP contribution in [0.1, 0.15) is 12.6 Å². The Hall–Kier alpha value is -1.12. The minimum atomic E-state index is -0.253. The molecule has 0 unspecified atom stereocenters. The fourth-order valence-electron chi connectivity index (χ4n) is 0.645. The van der Waals surface area contributed by atoms with E-state index in [0.29, 0.717) is 12.2 Å². The predicted octanol–water partition coefficient (Wildman–Crippen LogP) is 1.59. The molecule has 0 radical (unpaired) electrons. The summed E-state index contributed by atoms with van der Waals surface area (Å²) in [5, 5.41) is 0. The molecular weight excluding hydrogens is 131 g/mol. The average molecular weight is 140 g/mol. The van der Waals surface area contributed by atoms with Crippen LogP contribution < -0.4 is 0 Å². The first-order valence-corrected chi connectivity index (χ1v) is 3.17. The molecule has 1 N–H and O–H groups in total. The summed E-state index contributed by atoms with van der Waals surface area (Å²) >= 11 is 0. The number of aromatic amines is 1. The number of hydrogen-bond acceptors (Lipinski definition) is 1. The van der Waals surface area contributed by atoms with Crippen molar-refractivity contribution in [2.45, 2.75) is 6.92 Å². The smallest absolute Gasteiger partial charge is 0.149 e. The van der Waals surface area contributed by atoms with E-state index in [-0.39, 0.29) is 5.82 Å². The second-order valence-corrected chi connectivity index (χ2v) is 1.87. The van der Waals surface area contributed by atoms with Gasteiger partial charge in [-0.2, -0.15) is 0 Å². The third kappa shape index (κ3) is 1.43. The maximum Gasteiger partial charge on any atom is 0.149 e. The maximum atomic E-state index is 12.6. The Morgan fingerprint density at radius 3 is 3.10 bits per heavy atom. The highest BCUT2D eigenvalue weighted by molar-refractivity contribution is 5.77. The molecule has 2 nitrogen and oxygen atoms in total. The maximum absolute atomic E-state index is 12.6. The largest absolute Gasteiger partial charge is 0.358 e. The summed E-state index contributed by atoms with van der Waals surface area (Å²) in [5.74, 6) is -0.253. The molecule has 0 fully saturated rings. The van der Waals surface area contributed by atoms with Gasteiger partial charge in [0.15, 0.2) is 0 Å². The fraction of sp³-hybridized carbons (Fsp3) is 0.286. The van der Waals surface area contributed by atoms with Crippen molar-refractivity contribution in [2.75, 3.05) is 6.54 Å². The van der Waals surface area contributed by atoms with Crippen LogP contribution >= 0.6 is 0 Å². The van der Waals surface area contributed by atoms with Gasteiger partial charge in [-0.05, 0) is 13.0 Å². The molecular formula is C7H9FN2. The highest BCUT2D eigenvalue weighted by atomic mass is 19.1. The van der Waals surface area contributed by atoms with E-state index in [2.05, 4.69) is 9.98 Å². The lowest BCUT2D eigenvalue weighted by Gasteiger charge is -1.84. The van der Waals surface area contributed by atoms with Crippen molar-refractivity contribution in [3.8, 4) is 0 Å². The van der Waals surface area contributed by atoms with Gasteiger partial charge in [-0.1, -0.05) is 0 Å². The number of nitrogens with one attached hydrogen (secondary N) is 1. The molecule has 0 spiro atoms. The number of nitrogens with zero attached hydrogens (tertiary/aromatic N) is 1. The standard InChI is InChI=1S/C7H9FN2/c1-2-9-5-7-6(8)3-4-10-7/h3-5,10H,2H2,1H3. The Bertz CT molecular complexity index is 227. The molecule has 10 heavy (non-hydrogen) atoms. The van der Waals surface area contributed by atoms with Crippen LogP contribution in [0.3, 0.4) is 0 Å². The van der Waals surface area contributed by atoms with Gasteiger partial charge in [0.2, 0.25) is 0 Å². The molecule has 0 aliphatic rings. The summed E-state index contributed by atoms with van der Waals surface area (Å²) < 4.78 is 12.6. The van der Waals surface area contributed by atoms with Gasteiger partial charge in [-0.3, -0.25) is 4.99 Å². The molecule has 0 saturated heterocycles. The molecule has 0 saturated carbocycles. The van der Waals surface area contributed by atoms with Crippen LogP contribution in [-0.2, 0) is 0 Å². The summed E-state index contributed by atoms with van der Waals surface area (Å²) in [6.07, 6.45) is 3.04. The molecule has 54 valence electrons. The molecule has 0 aromatic carbocycles. The van der Waals surface area contributed by atoms with E-state index in [0.717, 1.165) is 0 Å². The van der Waals surface area contributed by atoms with E-state index in [4.69, 9.17) is 0 Å². The van der Waals surface area contributed by atoms with Crippen LogP contribution in [0.2, 0.25) is 0 Å². The first-order chi connectivity index (χ1) is 4.84. The van der Waals surface area contributed by atoms with Crippen molar-refractivity contribution in [3.63, 3.8) is 0 Å². The van der Waals surface area contributed by atoms with Crippen molar-refractivity contribution in [1.29, 1.82) is 0 Å². The van der Waals surface area contributed by atoms with Gasteiger partial charge >= 0.3 is 0 Å². The molecule has 1 aromatic heterocycles. The third-order valence-corrected chi connectivity index (χ3v) is 1.13. The van der Waals surface area contributed by atoms with Gasteiger partial charge in [0.25, 0.3) is 0 Å². The summed E-state index contributed by atoms with van der Waals surface area (Å²) in [6.45, 7) is 2.58. The highest BCUT2D eigenvalue weighted by Crippen LogP contribution is 1.99. The molecule has 3 heteroatoms. The van der Waals surface area contributed by atoms with Gasteiger partial charge in [-0.15, -0.1) is 0 Å². The Labute approximate surface area is 58.8 Å². The minimum absolute atomic E-state index is 0.253. The molecule has 0 atom stereocenters. The number of aliphatic imine (C=N–C) groups is 1. The SMILES string of the molecule is CCN=Cc1[nH]ccc1F. The Morgan fingerprint density at radius 1 is 1.80 bits per heavy atom. The number of hydrogen-bond donors (Lipinski definition) is 1. The summed E-state index contributed by atoms with van der Waals surface area (Å²) in [7, 11) is 0. The lowest BCUT2D eigenvalue weighted by molar-refractivity contribution is 0.627. The zero-order valence-electron chi connectivity index (χ0n) is 5.76. The molecule has 1 heterocycles. The van der Waals surface area contributed by atoms with Crippen LogP contribution in [-0.4, -0.2) is 17.7 Å². The normalized spacial score (nSPS) is 11.0. The number of rotatable bonds is 2. The molecule has 1 rings (SSSR count). The van der Waals surface area contributed by atoms with E-state index < -0.39 is 0 Å². The third-order valence-electron chi connectivity index (χ3n) is 1.13. The number of halogens is 1. The predicted molar refractivity (Wildman–Crippen MR) is 38.9 cm³/mol. The van der Waals surface area contributed by atoms with Crippen LogP contribution in [0, 0.1) is 5.82 Å². The van der Waals surface area contributed by atoms with Gasteiger partial charge in [0.05, 0.1) is 5.69 Å². The second-order valence-electron chi connectivity index (χ2n) is 1.87. The molecule has 0 amide bonds. The number of H-pyrrole nitrogens is 1. The van der Waals surface area contributed by atoms with E-state index in [1.807, 2.05) is 6.92 Å². The van der Waals surface area contributed by atoms with E-state index in [9.17, 15) is 4.39 Å². The summed E-state index contributed by atoms with van der Waals surface area (Å²) in [4.78, 5) is 6.59. The van der Waals surface area contributed by atoms with E-state index in [1.165, 1.54) is 12.3 Å². The summed E-state index contributed by atoms with van der Waals surface area (Å²) in [5.41, 5.74) is 0.446. The lowest BCUT2D eigenvalue weighted by atomic mass is 10.4. The van der Waals surface area contributed by atoms with Crippen LogP contribution in [0.25, 0.3) is 0 Å². The van der Waals surface area contributed by atoms with Crippen molar-refractivity contribution >= 4 is 6.21 Å². The fourth-order valence-corrected chi connectivity index (χ4v) is 0.645. The molecule has 0 aliphatic heterocycles. The van der Waals surface area contributed by atoms with E-state index in [1.54, 1.807) is 6.20 Å². The van der Waals surface area contributed by atoms with Crippen LogP contribution in [0.15, 0.2) is 17.3 Å². The van der Waals surface area contributed by atoms with Crippen molar-refractivity contribution in [3.05, 3.63) is 23.8 Å². The van der Waals surface area contributed by atoms with Crippen LogP contribution in [0.5, 0.6) is 0 Å². The van der Waals surface area contributed by atoms with Gasteiger partial charge in [-0.25, -0.2) is 4.39 Å². The molecule has 1 aromatic rings. The second kappa shape index (κ2) is 3.15. The quantitative estimate of drug-likeness (QED) is 0.604. The Balaban J connectivity index is 2.74. The zero-order chi connectivity index (χ0) is 7.40. The first kappa shape index (κ1) is 6.99. The van der Waals surface area contributed by atoms with Gasteiger partial charge in [0, 0.05) is 19.0 Å². The van der Waals surface area contributed by atoms with Crippen molar-refractivity contribution in [1.82, 2.24) is 4.98 Å². The summed E-state index contributed by atoms with van der Waals surface area (Å²) in [6, 6.07) is 1.37. The van der Waals surface area contributed by atoms with Crippen molar-refractivity contribution < 1.29 is 4.39 Å². The van der Waals surface area contributed by atoms with Crippen molar-refractivity contribution in [2.24, 2.45) is 4.99 Å². The van der Waals surface area contributed by atoms with Crippen LogP contribution in [0.4, 0.5) is 4.39 Å². The topological polar surface area (TPSA) is 28.1 Å². The number of aromatic nitrogens is 1. The van der Waals surface area contributed by atoms with E-state index >= 15 is 0 Å². The highest BCUT2D eigenvalue weighted by Gasteiger charge is 1.96. The van der Waals surface area contributed by atoms with Gasteiger partial charge in [0.1, 0.15) is 5.82 Å². The van der Waals surface area contributed by atoms with Gasteiger partial charge < -0.3 is 4.98 Å². The lowest BCUT2D eigenvalue weighted by Crippen LogP contribution is -1.84. The first-order valence-electron chi connectivity index (χ1n) is 3.17. The molecule has 0 bridgehead atoms. The Kier molecular flexibility index (Phi) is 2.20. The zero-order valence-corrected chi connectivity index (χ0v) is 5.76. The monoisotopic (exact) mass is 140 g/mol. The Morgan fingerprint density at radius 2 is 2.60 bits per heavy atom. The molecule has 0 aliphatic carbocycles. The average Bonchev–Trinajstić information content (AvgIpc) is 2.31.